The average molecular weight is 216 g/mol. The first-order valence-electron chi connectivity index (χ1n) is 6.07. The highest BCUT2D eigenvalue weighted by atomic mass is 14.9. The second kappa shape index (κ2) is 5.83. The summed E-state index contributed by atoms with van der Waals surface area (Å²) in [5, 5.41) is 3.38. The average Bonchev–Trinajstić information content (AvgIpc) is 2.38. The molecule has 1 heterocycles. The standard InChI is InChI=1S/C14H20N2/c15-11-14-4-2-1-3-13(14)6-5-12-7-9-16-10-8-12/h1-6,12,16H,7-11,15H2. The molecule has 86 valence electrons. The quantitative estimate of drug-likeness (QED) is 0.812. The van der Waals surface area contributed by atoms with E-state index in [0.717, 1.165) is 19.0 Å². The van der Waals surface area contributed by atoms with E-state index in [-0.39, 0.29) is 0 Å². The van der Waals surface area contributed by atoms with Crippen LogP contribution in [-0.2, 0) is 6.54 Å². The lowest BCUT2D eigenvalue weighted by atomic mass is 9.96. The summed E-state index contributed by atoms with van der Waals surface area (Å²) < 4.78 is 0. The van der Waals surface area contributed by atoms with Crippen LogP contribution in [0.25, 0.3) is 6.08 Å². The van der Waals surface area contributed by atoms with Crippen LogP contribution < -0.4 is 11.1 Å². The SMILES string of the molecule is NCc1ccccc1C=CC1CCNCC1. The highest BCUT2D eigenvalue weighted by Gasteiger charge is 2.09. The van der Waals surface area contributed by atoms with Gasteiger partial charge in [0.05, 0.1) is 0 Å². The van der Waals surface area contributed by atoms with Crippen LogP contribution in [0.5, 0.6) is 0 Å². The first-order valence-corrected chi connectivity index (χ1v) is 6.07. The predicted octanol–water partition coefficient (Wildman–Crippen LogP) is 2.16. The van der Waals surface area contributed by atoms with Gasteiger partial charge in [-0.1, -0.05) is 36.4 Å². The third-order valence-corrected chi connectivity index (χ3v) is 3.21. The first-order chi connectivity index (χ1) is 7.90. The molecule has 0 aromatic heterocycles. The summed E-state index contributed by atoms with van der Waals surface area (Å²) in [5.41, 5.74) is 8.21. The zero-order chi connectivity index (χ0) is 11.2. The van der Waals surface area contributed by atoms with Crippen molar-refractivity contribution in [2.75, 3.05) is 13.1 Å². The lowest BCUT2D eigenvalue weighted by Gasteiger charge is -2.19. The van der Waals surface area contributed by atoms with E-state index in [2.05, 4.69) is 35.7 Å². The van der Waals surface area contributed by atoms with Crippen LogP contribution >= 0.6 is 0 Å². The normalized spacial score (nSPS) is 18.1. The Labute approximate surface area is 97.5 Å². The maximum atomic E-state index is 5.72. The Hall–Kier alpha value is -1.12. The Balaban J connectivity index is 2.04. The van der Waals surface area contributed by atoms with E-state index in [9.17, 15) is 0 Å². The van der Waals surface area contributed by atoms with E-state index in [1.807, 2.05) is 6.07 Å². The van der Waals surface area contributed by atoms with Gasteiger partial charge in [-0.3, -0.25) is 0 Å². The third-order valence-electron chi connectivity index (χ3n) is 3.21. The summed E-state index contributed by atoms with van der Waals surface area (Å²) in [5.74, 6) is 0.729. The number of rotatable bonds is 3. The Morgan fingerprint density at radius 1 is 1.25 bits per heavy atom. The van der Waals surface area contributed by atoms with Crippen LogP contribution in [0.2, 0.25) is 0 Å². The monoisotopic (exact) mass is 216 g/mol. The molecule has 0 saturated carbocycles. The van der Waals surface area contributed by atoms with Crippen molar-refractivity contribution < 1.29 is 0 Å². The summed E-state index contributed by atoms with van der Waals surface area (Å²) in [6.45, 7) is 2.91. The van der Waals surface area contributed by atoms with Crippen molar-refractivity contribution in [2.45, 2.75) is 19.4 Å². The van der Waals surface area contributed by atoms with E-state index in [1.165, 1.54) is 24.0 Å². The topological polar surface area (TPSA) is 38.0 Å². The lowest BCUT2D eigenvalue weighted by Crippen LogP contribution is -2.26. The van der Waals surface area contributed by atoms with Gasteiger partial charge in [-0.05, 0) is 43.0 Å². The number of nitrogens with two attached hydrogens (primary N) is 1. The maximum Gasteiger partial charge on any atom is 0.0184 e. The smallest absolute Gasteiger partial charge is 0.0184 e. The van der Waals surface area contributed by atoms with Crippen LogP contribution in [-0.4, -0.2) is 13.1 Å². The molecule has 2 rings (SSSR count). The summed E-state index contributed by atoms with van der Waals surface area (Å²) in [4.78, 5) is 0. The predicted molar refractivity (Wildman–Crippen MR) is 69.0 cm³/mol. The van der Waals surface area contributed by atoms with Gasteiger partial charge in [-0.15, -0.1) is 0 Å². The molecule has 0 aliphatic carbocycles. The van der Waals surface area contributed by atoms with Crippen LogP contribution in [0.15, 0.2) is 30.3 Å². The van der Waals surface area contributed by atoms with Crippen molar-refractivity contribution in [2.24, 2.45) is 11.7 Å². The summed E-state index contributed by atoms with van der Waals surface area (Å²) >= 11 is 0. The number of hydrogen-bond acceptors (Lipinski definition) is 2. The number of hydrogen-bond donors (Lipinski definition) is 2. The van der Waals surface area contributed by atoms with Gasteiger partial charge >= 0.3 is 0 Å². The van der Waals surface area contributed by atoms with E-state index in [1.54, 1.807) is 0 Å². The Kier molecular flexibility index (Phi) is 4.14. The maximum absolute atomic E-state index is 5.72. The molecule has 0 amide bonds. The fraction of sp³-hybridized carbons (Fsp3) is 0.429. The number of nitrogens with one attached hydrogen (secondary N) is 1. The second-order valence-corrected chi connectivity index (χ2v) is 4.35. The summed E-state index contributed by atoms with van der Waals surface area (Å²) in [6.07, 6.45) is 7.08. The lowest BCUT2D eigenvalue weighted by molar-refractivity contribution is 0.438. The van der Waals surface area contributed by atoms with E-state index in [0.29, 0.717) is 6.54 Å². The van der Waals surface area contributed by atoms with Crippen LogP contribution in [0.1, 0.15) is 24.0 Å². The van der Waals surface area contributed by atoms with Crippen molar-refractivity contribution in [3.8, 4) is 0 Å². The Morgan fingerprint density at radius 3 is 2.75 bits per heavy atom. The summed E-state index contributed by atoms with van der Waals surface area (Å²) in [6, 6.07) is 8.35. The molecule has 16 heavy (non-hydrogen) atoms. The molecule has 0 atom stereocenters. The highest BCUT2D eigenvalue weighted by Crippen LogP contribution is 2.16. The molecule has 1 aliphatic rings. The van der Waals surface area contributed by atoms with Crippen LogP contribution in [0.4, 0.5) is 0 Å². The Morgan fingerprint density at radius 2 is 2.00 bits per heavy atom. The number of piperidine rings is 1. The van der Waals surface area contributed by atoms with Gasteiger partial charge in [-0.2, -0.15) is 0 Å². The molecule has 0 unspecified atom stereocenters. The van der Waals surface area contributed by atoms with Crippen LogP contribution in [0.3, 0.4) is 0 Å². The molecule has 1 aromatic carbocycles. The number of benzene rings is 1. The van der Waals surface area contributed by atoms with Crippen molar-refractivity contribution in [1.82, 2.24) is 5.32 Å². The zero-order valence-electron chi connectivity index (χ0n) is 9.65. The fourth-order valence-corrected chi connectivity index (χ4v) is 2.16. The molecule has 1 aromatic rings. The zero-order valence-corrected chi connectivity index (χ0v) is 9.65. The molecule has 3 N–H and O–H groups in total. The molecule has 2 heteroatoms. The minimum atomic E-state index is 0.618. The van der Waals surface area contributed by atoms with Gasteiger partial charge in [0.1, 0.15) is 0 Å². The minimum Gasteiger partial charge on any atom is -0.326 e. The van der Waals surface area contributed by atoms with E-state index in [4.69, 9.17) is 5.73 Å². The highest BCUT2D eigenvalue weighted by molar-refractivity contribution is 5.53. The van der Waals surface area contributed by atoms with Crippen LogP contribution in [0, 0.1) is 5.92 Å². The molecule has 0 bridgehead atoms. The molecular formula is C14H20N2. The van der Waals surface area contributed by atoms with Gasteiger partial charge in [0, 0.05) is 6.54 Å². The Bertz CT molecular complexity index is 352. The molecule has 1 fully saturated rings. The van der Waals surface area contributed by atoms with Gasteiger partial charge in [-0.25, -0.2) is 0 Å². The molecule has 2 nitrogen and oxygen atoms in total. The molecule has 1 saturated heterocycles. The van der Waals surface area contributed by atoms with Gasteiger partial charge in [0.25, 0.3) is 0 Å². The van der Waals surface area contributed by atoms with Gasteiger partial charge in [0.2, 0.25) is 0 Å². The molecule has 0 spiro atoms. The first kappa shape index (κ1) is 11.4. The third kappa shape index (κ3) is 2.94. The number of allylic oxidation sites excluding steroid dienone is 1. The van der Waals surface area contributed by atoms with Crippen molar-refractivity contribution >= 4 is 6.08 Å². The van der Waals surface area contributed by atoms with Gasteiger partial charge < -0.3 is 11.1 Å². The molecule has 0 radical (unpaired) electrons. The van der Waals surface area contributed by atoms with Crippen molar-refractivity contribution in [3.63, 3.8) is 0 Å². The summed E-state index contributed by atoms with van der Waals surface area (Å²) in [7, 11) is 0. The van der Waals surface area contributed by atoms with Crippen molar-refractivity contribution in [3.05, 3.63) is 41.5 Å². The molecule has 1 aliphatic heterocycles. The van der Waals surface area contributed by atoms with E-state index < -0.39 is 0 Å². The largest absolute Gasteiger partial charge is 0.326 e. The van der Waals surface area contributed by atoms with E-state index >= 15 is 0 Å². The van der Waals surface area contributed by atoms with Crippen molar-refractivity contribution in [1.29, 1.82) is 0 Å². The van der Waals surface area contributed by atoms with Gasteiger partial charge in [0.15, 0.2) is 0 Å². The fourth-order valence-electron chi connectivity index (χ4n) is 2.16. The molecular weight excluding hydrogens is 196 g/mol. The second-order valence-electron chi connectivity index (χ2n) is 4.35. The minimum absolute atomic E-state index is 0.618.